The van der Waals surface area contributed by atoms with Gasteiger partial charge in [0, 0.05) is 0 Å². The summed E-state index contributed by atoms with van der Waals surface area (Å²) in [6, 6.07) is 7.35. The molecule has 0 aliphatic carbocycles. The van der Waals surface area contributed by atoms with Crippen LogP contribution >= 0.6 is 11.8 Å². The van der Waals surface area contributed by atoms with Gasteiger partial charge in [-0.05, 0) is 12.1 Å². The van der Waals surface area contributed by atoms with Crippen molar-refractivity contribution >= 4 is 17.5 Å². The van der Waals surface area contributed by atoms with Crippen molar-refractivity contribution in [1.82, 2.24) is 5.32 Å². The topological polar surface area (TPSA) is 71.0 Å². The Bertz CT molecular complexity index is 463. The molecule has 0 radical (unpaired) electrons. The van der Waals surface area contributed by atoms with E-state index >= 15 is 0 Å². The number of methoxy groups -OCH3 is 2. The summed E-state index contributed by atoms with van der Waals surface area (Å²) in [5.41, 5.74) is -0.102. The van der Waals surface area contributed by atoms with Crippen molar-refractivity contribution in [2.45, 2.75) is 11.8 Å². The van der Waals surface area contributed by atoms with E-state index in [2.05, 4.69) is 5.32 Å². The van der Waals surface area contributed by atoms with Crippen molar-refractivity contribution in [3.63, 3.8) is 0 Å². The van der Waals surface area contributed by atoms with E-state index < -0.39 is 11.8 Å². The second-order valence-electron chi connectivity index (χ2n) is 3.64. The molecule has 0 aromatic heterocycles. The fourth-order valence-electron chi connectivity index (χ4n) is 1.78. The van der Waals surface area contributed by atoms with Crippen LogP contribution in [-0.4, -0.2) is 36.2 Å². The molecule has 6 heteroatoms. The summed E-state index contributed by atoms with van der Waals surface area (Å²) >= 11 is 1.11. The maximum atomic E-state index is 9.82. The zero-order chi connectivity index (χ0) is 13.1. The van der Waals surface area contributed by atoms with Crippen molar-refractivity contribution < 1.29 is 19.7 Å². The summed E-state index contributed by atoms with van der Waals surface area (Å²) in [6.07, 6.45) is -0.940. The van der Waals surface area contributed by atoms with E-state index in [4.69, 9.17) is 9.47 Å². The van der Waals surface area contributed by atoms with E-state index in [1.807, 2.05) is 24.3 Å². The zero-order valence-electron chi connectivity index (χ0n) is 10.1. The zero-order valence-corrected chi connectivity index (χ0v) is 10.9. The summed E-state index contributed by atoms with van der Waals surface area (Å²) in [7, 11) is 3.09. The first-order valence-electron chi connectivity index (χ1n) is 5.37. The van der Waals surface area contributed by atoms with E-state index in [1.165, 1.54) is 7.11 Å². The van der Waals surface area contributed by atoms with Gasteiger partial charge in [0.2, 0.25) is 0 Å². The molecular formula is C12H15NO4S. The van der Waals surface area contributed by atoms with Crippen molar-refractivity contribution in [3.05, 3.63) is 34.7 Å². The Morgan fingerprint density at radius 1 is 1.28 bits per heavy atom. The highest BCUT2D eigenvalue weighted by Gasteiger charge is 2.31. The van der Waals surface area contributed by atoms with E-state index in [9.17, 15) is 10.2 Å². The molecule has 1 aliphatic heterocycles. The molecule has 0 saturated carbocycles. The molecule has 2 atom stereocenters. The molecule has 5 nitrogen and oxygen atoms in total. The van der Waals surface area contributed by atoms with Gasteiger partial charge in [-0.25, -0.2) is 0 Å². The lowest BCUT2D eigenvalue weighted by atomic mass is 10.1. The number of hydrogen-bond acceptors (Lipinski definition) is 6. The highest BCUT2D eigenvalue weighted by molar-refractivity contribution is 8.04. The molecule has 1 saturated heterocycles. The molecule has 1 fully saturated rings. The van der Waals surface area contributed by atoms with Crippen LogP contribution in [0.2, 0.25) is 0 Å². The van der Waals surface area contributed by atoms with Crippen molar-refractivity contribution in [2.24, 2.45) is 0 Å². The molecule has 2 unspecified atom stereocenters. The number of nitrogens with one attached hydrogen (secondary N) is 1. The fraction of sp³-hybridized carbons (Fsp3) is 0.333. The van der Waals surface area contributed by atoms with Gasteiger partial charge in [-0.2, -0.15) is 0 Å². The number of ether oxygens (including phenoxy) is 2. The second-order valence-corrected chi connectivity index (χ2v) is 4.76. The number of thioether (sulfide) groups is 1. The van der Waals surface area contributed by atoms with Gasteiger partial charge in [0.15, 0.2) is 5.56 Å². The lowest BCUT2D eigenvalue weighted by molar-refractivity contribution is 0.125. The lowest BCUT2D eigenvalue weighted by Gasteiger charge is -2.14. The van der Waals surface area contributed by atoms with Crippen molar-refractivity contribution in [3.8, 4) is 5.75 Å². The predicted molar refractivity (Wildman–Crippen MR) is 69.7 cm³/mol. The number of aliphatic hydroxyl groups excluding tert-OH is 2. The standard InChI is InChI=1S/C12H15NO4S/c1-16-8-6-4-3-5-7(8)9(17-2)10-11(14)13-12(15)18-10/h3-6,11-15H,1-2H3. The maximum Gasteiger partial charge on any atom is 0.159 e. The Morgan fingerprint density at radius 2 is 2.00 bits per heavy atom. The molecular weight excluding hydrogens is 254 g/mol. The summed E-state index contributed by atoms with van der Waals surface area (Å²) < 4.78 is 10.6. The van der Waals surface area contributed by atoms with Crippen LogP contribution in [0.15, 0.2) is 29.2 Å². The van der Waals surface area contributed by atoms with Gasteiger partial charge in [-0.3, -0.25) is 5.32 Å². The van der Waals surface area contributed by atoms with Gasteiger partial charge in [0.05, 0.1) is 24.7 Å². The van der Waals surface area contributed by atoms with Gasteiger partial charge in [-0.15, -0.1) is 0 Å². The fourth-order valence-corrected chi connectivity index (χ4v) is 2.72. The van der Waals surface area contributed by atoms with E-state index in [0.29, 0.717) is 16.4 Å². The number of hydrogen-bond donors (Lipinski definition) is 3. The third-order valence-corrected chi connectivity index (χ3v) is 3.59. The minimum absolute atomic E-state index is 0.494. The third-order valence-electron chi connectivity index (χ3n) is 2.57. The van der Waals surface area contributed by atoms with Gasteiger partial charge in [0.25, 0.3) is 0 Å². The molecule has 1 aromatic carbocycles. The Kier molecular flexibility index (Phi) is 4.13. The molecule has 1 heterocycles. The SMILES string of the molecule is COC(=C1SC(O)NC1O)c1ccccc1OC. The average Bonchev–Trinajstić information content (AvgIpc) is 2.70. The van der Waals surface area contributed by atoms with E-state index in [-0.39, 0.29) is 0 Å². The van der Waals surface area contributed by atoms with E-state index in [1.54, 1.807) is 7.11 Å². The van der Waals surface area contributed by atoms with Crippen LogP contribution in [0.1, 0.15) is 5.56 Å². The molecule has 98 valence electrons. The molecule has 0 bridgehead atoms. The third kappa shape index (κ3) is 2.46. The second kappa shape index (κ2) is 5.62. The number of aliphatic hydroxyl groups is 2. The van der Waals surface area contributed by atoms with Gasteiger partial charge in [-0.1, -0.05) is 23.9 Å². The molecule has 3 N–H and O–H groups in total. The van der Waals surface area contributed by atoms with Crippen LogP contribution in [0.4, 0.5) is 0 Å². The van der Waals surface area contributed by atoms with Gasteiger partial charge in [0.1, 0.15) is 17.7 Å². The van der Waals surface area contributed by atoms with Crippen LogP contribution in [0.25, 0.3) is 5.76 Å². The van der Waals surface area contributed by atoms with Crippen LogP contribution in [-0.2, 0) is 4.74 Å². The predicted octanol–water partition coefficient (Wildman–Crippen LogP) is 0.941. The van der Waals surface area contributed by atoms with Crippen molar-refractivity contribution in [2.75, 3.05) is 14.2 Å². The monoisotopic (exact) mass is 269 g/mol. The minimum Gasteiger partial charge on any atom is -0.496 e. The Morgan fingerprint density at radius 3 is 2.56 bits per heavy atom. The number of rotatable bonds is 3. The van der Waals surface area contributed by atoms with E-state index in [0.717, 1.165) is 17.3 Å². The first kappa shape index (κ1) is 13.2. The molecule has 0 amide bonds. The Hall–Kier alpha value is -1.21. The summed E-state index contributed by atoms with van der Waals surface area (Å²) in [5, 5.41) is 21.9. The highest BCUT2D eigenvalue weighted by Crippen LogP contribution is 2.38. The summed E-state index contributed by atoms with van der Waals surface area (Å²) in [4.78, 5) is 0.537. The molecule has 2 rings (SSSR count). The van der Waals surface area contributed by atoms with Crippen LogP contribution in [0.5, 0.6) is 5.75 Å². The molecule has 1 aromatic rings. The summed E-state index contributed by atoms with van der Waals surface area (Å²) in [5.74, 6) is 1.14. The average molecular weight is 269 g/mol. The smallest absolute Gasteiger partial charge is 0.159 e. The maximum absolute atomic E-state index is 9.82. The Balaban J connectivity index is 2.48. The highest BCUT2D eigenvalue weighted by atomic mass is 32.2. The molecule has 1 aliphatic rings. The van der Waals surface area contributed by atoms with Crippen LogP contribution in [0, 0.1) is 0 Å². The minimum atomic E-state index is -0.940. The number of para-hydroxylation sites is 1. The van der Waals surface area contributed by atoms with Crippen molar-refractivity contribution in [1.29, 1.82) is 0 Å². The molecule has 0 spiro atoms. The Labute approximate surface area is 109 Å². The quantitative estimate of drug-likeness (QED) is 0.709. The normalized spacial score (nSPS) is 26.0. The first-order valence-corrected chi connectivity index (χ1v) is 6.25. The lowest BCUT2D eigenvalue weighted by Crippen LogP contribution is -2.28. The van der Waals surface area contributed by atoms with Gasteiger partial charge < -0.3 is 19.7 Å². The summed E-state index contributed by atoms with van der Waals surface area (Å²) in [6.45, 7) is 0. The van der Waals surface area contributed by atoms with Gasteiger partial charge >= 0.3 is 0 Å². The van der Waals surface area contributed by atoms with Crippen LogP contribution < -0.4 is 10.1 Å². The first-order chi connectivity index (χ1) is 8.67. The molecule has 18 heavy (non-hydrogen) atoms. The largest absolute Gasteiger partial charge is 0.496 e. The number of benzene rings is 1. The van der Waals surface area contributed by atoms with Crippen LogP contribution in [0.3, 0.4) is 0 Å².